The van der Waals surface area contributed by atoms with E-state index in [4.69, 9.17) is 4.74 Å². The molecule has 1 amide bonds. The van der Waals surface area contributed by atoms with E-state index >= 15 is 0 Å². The summed E-state index contributed by atoms with van der Waals surface area (Å²) in [6.07, 6.45) is 3.68. The van der Waals surface area contributed by atoms with Crippen LogP contribution in [0.25, 0.3) is 0 Å². The number of fused-ring (bicyclic) bond motifs is 1. The number of hydrogen-bond donors (Lipinski definition) is 1. The van der Waals surface area contributed by atoms with Gasteiger partial charge in [-0.1, -0.05) is 5.21 Å². The minimum atomic E-state index is -0.389. The van der Waals surface area contributed by atoms with Gasteiger partial charge in [0.05, 0.1) is 25.5 Å². The molecule has 4 rings (SSSR count). The smallest absolute Gasteiger partial charge is 0.280 e. The van der Waals surface area contributed by atoms with Crippen molar-refractivity contribution in [3.05, 3.63) is 35.7 Å². The maximum Gasteiger partial charge on any atom is 0.280 e. The fourth-order valence-corrected chi connectivity index (χ4v) is 3.16. The van der Waals surface area contributed by atoms with Crippen molar-refractivity contribution in [1.82, 2.24) is 15.0 Å². The second-order valence-corrected chi connectivity index (χ2v) is 6.00. The Hall–Kier alpha value is -2.41. The highest BCUT2D eigenvalue weighted by Crippen LogP contribution is 2.33. The average Bonchev–Trinajstić information content (AvgIpc) is 3.19. The molecule has 0 saturated heterocycles. The third-order valence-electron chi connectivity index (χ3n) is 4.70. The number of rotatable bonds is 3. The predicted octanol–water partition coefficient (Wildman–Crippen LogP) is 1.19. The minimum absolute atomic E-state index is 0.0563. The van der Waals surface area contributed by atoms with Gasteiger partial charge in [-0.15, -0.1) is 5.10 Å². The lowest BCUT2D eigenvalue weighted by molar-refractivity contribution is 0.0244. The minimum Gasteiger partial charge on any atom is -0.497 e. The average molecular weight is 314 g/mol. The molecule has 0 spiro atoms. The van der Waals surface area contributed by atoms with Crippen molar-refractivity contribution >= 4 is 11.6 Å². The number of carbonyl (C=O) groups is 1. The Kier molecular flexibility index (Phi) is 3.30. The Morgan fingerprint density at radius 1 is 1.39 bits per heavy atom. The SMILES string of the molecule is COc1ccc2c(c1)CCN2C(=O)c1cn([C@@H]2CC[C@H]2O)nn1. The number of benzene rings is 1. The molecule has 7 nitrogen and oxygen atoms in total. The van der Waals surface area contributed by atoms with Gasteiger partial charge < -0.3 is 14.7 Å². The summed E-state index contributed by atoms with van der Waals surface area (Å²) < 4.78 is 6.83. The lowest BCUT2D eigenvalue weighted by Crippen LogP contribution is -2.34. The van der Waals surface area contributed by atoms with Crippen LogP contribution in [-0.4, -0.2) is 45.8 Å². The zero-order valence-electron chi connectivity index (χ0n) is 12.8. The zero-order chi connectivity index (χ0) is 16.0. The first-order chi connectivity index (χ1) is 11.2. The lowest BCUT2D eigenvalue weighted by Gasteiger charge is -2.31. The topological polar surface area (TPSA) is 80.5 Å². The highest BCUT2D eigenvalue weighted by Gasteiger charge is 2.33. The van der Waals surface area contributed by atoms with E-state index in [2.05, 4.69) is 10.3 Å². The number of hydrogen-bond acceptors (Lipinski definition) is 5. The van der Waals surface area contributed by atoms with Crippen LogP contribution in [0.5, 0.6) is 5.75 Å². The number of aliphatic hydroxyl groups is 1. The van der Waals surface area contributed by atoms with Gasteiger partial charge in [0.15, 0.2) is 5.69 Å². The van der Waals surface area contributed by atoms with Gasteiger partial charge in [-0.05, 0) is 43.0 Å². The Morgan fingerprint density at radius 2 is 2.26 bits per heavy atom. The van der Waals surface area contributed by atoms with E-state index in [0.29, 0.717) is 12.2 Å². The number of aliphatic hydroxyl groups excluding tert-OH is 1. The summed E-state index contributed by atoms with van der Waals surface area (Å²) in [5.74, 6) is 0.636. The molecule has 2 aliphatic rings. The first-order valence-corrected chi connectivity index (χ1v) is 7.76. The molecule has 0 radical (unpaired) electrons. The van der Waals surface area contributed by atoms with E-state index in [0.717, 1.165) is 36.3 Å². The molecule has 2 atom stereocenters. The Morgan fingerprint density at radius 3 is 2.96 bits per heavy atom. The van der Waals surface area contributed by atoms with Crippen molar-refractivity contribution in [3.8, 4) is 5.75 Å². The van der Waals surface area contributed by atoms with Gasteiger partial charge >= 0.3 is 0 Å². The number of amides is 1. The van der Waals surface area contributed by atoms with Gasteiger partial charge in [-0.2, -0.15) is 0 Å². The first-order valence-electron chi connectivity index (χ1n) is 7.76. The molecule has 1 aliphatic carbocycles. The van der Waals surface area contributed by atoms with E-state index < -0.39 is 0 Å². The summed E-state index contributed by atoms with van der Waals surface area (Å²) in [5, 5.41) is 17.7. The molecule has 0 bridgehead atoms. The van der Waals surface area contributed by atoms with Gasteiger partial charge in [0.1, 0.15) is 5.75 Å². The second kappa shape index (κ2) is 5.34. The number of anilines is 1. The molecule has 2 heterocycles. The van der Waals surface area contributed by atoms with Crippen molar-refractivity contribution in [2.75, 3.05) is 18.6 Å². The molecule has 23 heavy (non-hydrogen) atoms. The van der Waals surface area contributed by atoms with Crippen LogP contribution in [-0.2, 0) is 6.42 Å². The van der Waals surface area contributed by atoms with E-state index in [-0.39, 0.29) is 18.1 Å². The van der Waals surface area contributed by atoms with Gasteiger partial charge in [-0.25, -0.2) is 4.68 Å². The summed E-state index contributed by atoms with van der Waals surface area (Å²) in [7, 11) is 1.63. The number of carbonyl (C=O) groups excluding carboxylic acids is 1. The summed E-state index contributed by atoms with van der Waals surface area (Å²) >= 11 is 0. The number of ether oxygens (including phenoxy) is 1. The molecule has 7 heteroatoms. The molecule has 1 N–H and O–H groups in total. The highest BCUT2D eigenvalue weighted by atomic mass is 16.5. The maximum absolute atomic E-state index is 12.7. The van der Waals surface area contributed by atoms with Crippen LogP contribution in [0.15, 0.2) is 24.4 Å². The molecule has 2 aromatic rings. The van der Waals surface area contributed by atoms with Crippen LogP contribution in [0, 0.1) is 0 Å². The number of nitrogens with zero attached hydrogens (tertiary/aromatic N) is 4. The second-order valence-electron chi connectivity index (χ2n) is 6.00. The number of aromatic nitrogens is 3. The third-order valence-corrected chi connectivity index (χ3v) is 4.70. The van der Waals surface area contributed by atoms with E-state index in [9.17, 15) is 9.90 Å². The van der Waals surface area contributed by atoms with Crippen molar-refractivity contribution in [3.63, 3.8) is 0 Å². The van der Waals surface area contributed by atoms with Crippen molar-refractivity contribution in [1.29, 1.82) is 0 Å². The van der Waals surface area contributed by atoms with E-state index in [1.807, 2.05) is 18.2 Å². The standard InChI is InChI=1S/C16H18N4O3/c1-23-11-2-3-13-10(8-11)6-7-19(13)16(22)12-9-20(18-17-12)14-4-5-15(14)21/h2-3,8-9,14-15,21H,4-7H2,1H3/t14-,15-/m1/s1. The Balaban J connectivity index is 1.57. The molecular formula is C16H18N4O3. The Labute approximate surface area is 133 Å². The van der Waals surface area contributed by atoms with E-state index in [1.54, 1.807) is 22.9 Å². The van der Waals surface area contributed by atoms with Crippen LogP contribution in [0.1, 0.15) is 34.9 Å². The highest BCUT2D eigenvalue weighted by molar-refractivity contribution is 6.05. The van der Waals surface area contributed by atoms with Crippen molar-refractivity contribution in [2.45, 2.75) is 31.4 Å². The van der Waals surface area contributed by atoms with Gasteiger partial charge in [0, 0.05) is 12.2 Å². The Bertz CT molecular complexity index is 758. The molecule has 1 fully saturated rings. The molecule has 1 saturated carbocycles. The first kappa shape index (κ1) is 14.2. The van der Waals surface area contributed by atoms with Gasteiger partial charge in [0.25, 0.3) is 5.91 Å². The third kappa shape index (κ3) is 2.28. The lowest BCUT2D eigenvalue weighted by atomic mass is 9.89. The molecule has 1 aliphatic heterocycles. The number of methoxy groups -OCH3 is 1. The summed E-state index contributed by atoms with van der Waals surface area (Å²) in [6.45, 7) is 0.625. The summed E-state index contributed by atoms with van der Waals surface area (Å²) in [5.41, 5.74) is 2.31. The fraction of sp³-hybridized carbons (Fsp3) is 0.438. The maximum atomic E-state index is 12.7. The van der Waals surface area contributed by atoms with Crippen LogP contribution in [0.2, 0.25) is 0 Å². The molecule has 120 valence electrons. The zero-order valence-corrected chi connectivity index (χ0v) is 12.8. The quantitative estimate of drug-likeness (QED) is 0.920. The predicted molar refractivity (Wildman–Crippen MR) is 82.7 cm³/mol. The van der Waals surface area contributed by atoms with Crippen molar-refractivity contribution < 1.29 is 14.6 Å². The van der Waals surface area contributed by atoms with Crippen LogP contribution < -0.4 is 9.64 Å². The van der Waals surface area contributed by atoms with Gasteiger partial charge in [0.2, 0.25) is 0 Å². The fourth-order valence-electron chi connectivity index (χ4n) is 3.16. The van der Waals surface area contributed by atoms with E-state index in [1.165, 1.54) is 0 Å². The monoisotopic (exact) mass is 314 g/mol. The van der Waals surface area contributed by atoms with Crippen LogP contribution in [0.4, 0.5) is 5.69 Å². The van der Waals surface area contributed by atoms with Crippen LogP contribution >= 0.6 is 0 Å². The normalized spacial score (nSPS) is 22.6. The van der Waals surface area contributed by atoms with Crippen molar-refractivity contribution in [2.24, 2.45) is 0 Å². The largest absolute Gasteiger partial charge is 0.497 e. The van der Waals surface area contributed by atoms with Gasteiger partial charge in [-0.3, -0.25) is 4.79 Å². The molecular weight excluding hydrogens is 296 g/mol. The molecule has 1 aromatic heterocycles. The summed E-state index contributed by atoms with van der Waals surface area (Å²) in [6, 6.07) is 5.66. The molecule has 1 aromatic carbocycles. The van der Waals surface area contributed by atoms with Crippen LogP contribution in [0.3, 0.4) is 0 Å². The summed E-state index contributed by atoms with van der Waals surface area (Å²) in [4.78, 5) is 14.4. The molecule has 0 unspecified atom stereocenters.